The molecule has 0 saturated carbocycles. The Labute approximate surface area is 118 Å². The Morgan fingerprint density at radius 1 is 1.39 bits per heavy atom. The van der Waals surface area contributed by atoms with Gasteiger partial charge in [0.1, 0.15) is 0 Å². The first-order chi connectivity index (χ1) is 8.78. The van der Waals surface area contributed by atoms with Gasteiger partial charge in [0.05, 0.1) is 0 Å². The summed E-state index contributed by atoms with van der Waals surface area (Å²) in [7, 11) is 2.07. The maximum atomic E-state index is 5.42. The minimum Gasteiger partial charge on any atom is -0.381 e. The van der Waals surface area contributed by atoms with Crippen LogP contribution in [0.5, 0.6) is 0 Å². The minimum absolute atomic E-state index is 0.572. The normalized spacial score (nSPS) is 18.8. The van der Waals surface area contributed by atoms with Gasteiger partial charge in [0.2, 0.25) is 0 Å². The summed E-state index contributed by atoms with van der Waals surface area (Å²) in [5.74, 6) is 0.823. The molecule has 3 heteroatoms. The number of nitrogens with one attached hydrogen (secondary N) is 1. The molecule has 2 nitrogen and oxygen atoms in total. The molecule has 0 aliphatic carbocycles. The summed E-state index contributed by atoms with van der Waals surface area (Å²) in [6.45, 7) is 1.88. The van der Waals surface area contributed by atoms with Gasteiger partial charge in [-0.15, -0.1) is 0 Å². The molecule has 100 valence electrons. The SMILES string of the molecule is CNC(Cc1cccc(Br)c1)CC1CCOCC1. The second-order valence-corrected chi connectivity index (χ2v) is 6.03. The van der Waals surface area contributed by atoms with Crippen molar-refractivity contribution in [2.75, 3.05) is 20.3 Å². The molecule has 1 aliphatic rings. The van der Waals surface area contributed by atoms with E-state index in [1.165, 1.54) is 29.3 Å². The molecule has 1 unspecified atom stereocenters. The molecule has 0 bridgehead atoms. The van der Waals surface area contributed by atoms with Crippen molar-refractivity contribution in [3.05, 3.63) is 34.3 Å². The summed E-state index contributed by atoms with van der Waals surface area (Å²) in [5.41, 5.74) is 1.40. The third-order valence-corrected chi connectivity index (χ3v) is 4.23. The molecule has 1 N–H and O–H groups in total. The highest BCUT2D eigenvalue weighted by atomic mass is 79.9. The van der Waals surface area contributed by atoms with Gasteiger partial charge in [-0.25, -0.2) is 0 Å². The number of likely N-dealkylation sites (N-methyl/N-ethyl adjacent to an activating group) is 1. The van der Waals surface area contributed by atoms with Crippen molar-refractivity contribution in [2.45, 2.75) is 31.7 Å². The molecule has 1 fully saturated rings. The average molecular weight is 312 g/mol. The van der Waals surface area contributed by atoms with Crippen LogP contribution in [0.2, 0.25) is 0 Å². The van der Waals surface area contributed by atoms with Crippen molar-refractivity contribution in [3.63, 3.8) is 0 Å². The Morgan fingerprint density at radius 2 is 2.17 bits per heavy atom. The number of hydrogen-bond acceptors (Lipinski definition) is 2. The van der Waals surface area contributed by atoms with Gasteiger partial charge in [-0.05, 0) is 56.3 Å². The molecule has 0 spiro atoms. The lowest BCUT2D eigenvalue weighted by atomic mass is 9.90. The van der Waals surface area contributed by atoms with Crippen molar-refractivity contribution in [1.29, 1.82) is 0 Å². The molecule has 18 heavy (non-hydrogen) atoms. The van der Waals surface area contributed by atoms with Crippen LogP contribution in [0.1, 0.15) is 24.8 Å². The van der Waals surface area contributed by atoms with E-state index in [0.717, 1.165) is 25.6 Å². The number of benzene rings is 1. The van der Waals surface area contributed by atoms with Gasteiger partial charge in [0, 0.05) is 23.7 Å². The quantitative estimate of drug-likeness (QED) is 0.900. The fourth-order valence-corrected chi connectivity index (χ4v) is 3.08. The summed E-state index contributed by atoms with van der Waals surface area (Å²) in [6.07, 6.45) is 4.80. The molecular weight excluding hydrogens is 290 g/mol. The number of hydrogen-bond donors (Lipinski definition) is 1. The zero-order chi connectivity index (χ0) is 12.8. The first-order valence-electron chi connectivity index (χ1n) is 6.77. The minimum atomic E-state index is 0.572. The molecule has 0 amide bonds. The van der Waals surface area contributed by atoms with Gasteiger partial charge in [-0.2, -0.15) is 0 Å². The summed E-state index contributed by atoms with van der Waals surface area (Å²) in [6, 6.07) is 9.19. The zero-order valence-electron chi connectivity index (χ0n) is 11.0. The van der Waals surface area contributed by atoms with Gasteiger partial charge in [-0.3, -0.25) is 0 Å². The molecule has 2 rings (SSSR count). The third-order valence-electron chi connectivity index (χ3n) is 3.74. The van der Waals surface area contributed by atoms with Crippen LogP contribution in [0.3, 0.4) is 0 Å². The molecule has 1 saturated heterocycles. The Morgan fingerprint density at radius 3 is 2.83 bits per heavy atom. The van der Waals surface area contributed by atoms with Crippen LogP contribution in [-0.4, -0.2) is 26.3 Å². The van der Waals surface area contributed by atoms with E-state index < -0.39 is 0 Å². The highest BCUT2D eigenvalue weighted by Crippen LogP contribution is 2.22. The highest BCUT2D eigenvalue weighted by molar-refractivity contribution is 9.10. The first-order valence-corrected chi connectivity index (χ1v) is 7.56. The van der Waals surface area contributed by atoms with Crippen molar-refractivity contribution in [3.8, 4) is 0 Å². The second kappa shape index (κ2) is 7.27. The van der Waals surface area contributed by atoms with Crippen molar-refractivity contribution >= 4 is 15.9 Å². The standard InChI is InChI=1S/C15H22BrNO/c1-17-15(10-12-5-7-18-8-6-12)11-13-3-2-4-14(16)9-13/h2-4,9,12,15,17H,5-8,10-11H2,1H3. The van der Waals surface area contributed by atoms with Crippen LogP contribution >= 0.6 is 15.9 Å². The molecule has 1 aromatic carbocycles. The fourth-order valence-electron chi connectivity index (χ4n) is 2.64. The zero-order valence-corrected chi connectivity index (χ0v) is 12.6. The molecule has 0 aromatic heterocycles. The van der Waals surface area contributed by atoms with E-state index in [-0.39, 0.29) is 0 Å². The summed E-state index contributed by atoms with van der Waals surface area (Å²) in [5, 5.41) is 3.46. The van der Waals surface area contributed by atoms with Crippen molar-refractivity contribution < 1.29 is 4.74 Å². The maximum Gasteiger partial charge on any atom is 0.0468 e. The lowest BCUT2D eigenvalue weighted by molar-refractivity contribution is 0.0608. The number of rotatable bonds is 5. The third kappa shape index (κ3) is 4.38. The van der Waals surface area contributed by atoms with Gasteiger partial charge < -0.3 is 10.1 Å². The van der Waals surface area contributed by atoms with E-state index in [0.29, 0.717) is 6.04 Å². The van der Waals surface area contributed by atoms with Gasteiger partial charge in [0.15, 0.2) is 0 Å². The Kier molecular flexibility index (Phi) is 5.67. The van der Waals surface area contributed by atoms with Crippen LogP contribution in [0.25, 0.3) is 0 Å². The van der Waals surface area contributed by atoms with Crippen LogP contribution in [0.4, 0.5) is 0 Å². The number of halogens is 1. The van der Waals surface area contributed by atoms with Gasteiger partial charge in [-0.1, -0.05) is 28.1 Å². The summed E-state index contributed by atoms with van der Waals surface area (Å²) in [4.78, 5) is 0. The lowest BCUT2D eigenvalue weighted by Crippen LogP contribution is -2.31. The van der Waals surface area contributed by atoms with E-state index >= 15 is 0 Å². The van der Waals surface area contributed by atoms with Gasteiger partial charge >= 0.3 is 0 Å². The van der Waals surface area contributed by atoms with E-state index in [4.69, 9.17) is 4.74 Å². The molecule has 0 radical (unpaired) electrons. The molecule has 1 aliphatic heterocycles. The van der Waals surface area contributed by atoms with Crippen LogP contribution < -0.4 is 5.32 Å². The highest BCUT2D eigenvalue weighted by Gasteiger charge is 2.18. The first kappa shape index (κ1) is 14.0. The van der Waals surface area contributed by atoms with Crippen molar-refractivity contribution in [2.24, 2.45) is 5.92 Å². The largest absolute Gasteiger partial charge is 0.381 e. The monoisotopic (exact) mass is 311 g/mol. The predicted molar refractivity (Wildman–Crippen MR) is 78.9 cm³/mol. The summed E-state index contributed by atoms with van der Waals surface area (Å²) < 4.78 is 6.59. The van der Waals surface area contributed by atoms with Crippen LogP contribution in [0, 0.1) is 5.92 Å². The topological polar surface area (TPSA) is 21.3 Å². The van der Waals surface area contributed by atoms with Crippen LogP contribution in [-0.2, 0) is 11.2 Å². The average Bonchev–Trinajstić information content (AvgIpc) is 2.39. The maximum absolute atomic E-state index is 5.42. The molecule has 1 heterocycles. The predicted octanol–water partition coefficient (Wildman–Crippen LogP) is 3.40. The summed E-state index contributed by atoms with van der Waals surface area (Å²) >= 11 is 3.54. The second-order valence-electron chi connectivity index (χ2n) is 5.11. The van der Waals surface area contributed by atoms with E-state index in [2.05, 4.69) is 52.6 Å². The number of ether oxygens (including phenoxy) is 1. The fraction of sp³-hybridized carbons (Fsp3) is 0.600. The van der Waals surface area contributed by atoms with E-state index in [1.807, 2.05) is 0 Å². The van der Waals surface area contributed by atoms with Crippen molar-refractivity contribution in [1.82, 2.24) is 5.32 Å². The lowest BCUT2D eigenvalue weighted by Gasteiger charge is -2.26. The van der Waals surface area contributed by atoms with E-state index in [1.54, 1.807) is 0 Å². The van der Waals surface area contributed by atoms with Crippen LogP contribution in [0.15, 0.2) is 28.7 Å². The molecule has 1 aromatic rings. The van der Waals surface area contributed by atoms with Gasteiger partial charge in [0.25, 0.3) is 0 Å². The molecule has 1 atom stereocenters. The molecular formula is C15H22BrNO. The Hall–Kier alpha value is -0.380. The Bertz CT molecular complexity index is 363. The van der Waals surface area contributed by atoms with E-state index in [9.17, 15) is 0 Å². The Balaban J connectivity index is 1.88. The smallest absolute Gasteiger partial charge is 0.0468 e.